The van der Waals surface area contributed by atoms with Crippen LogP contribution in [0.5, 0.6) is 11.8 Å². The van der Waals surface area contributed by atoms with Crippen molar-refractivity contribution in [3.05, 3.63) is 25.3 Å². The fourth-order valence-electron chi connectivity index (χ4n) is 5.16. The second-order valence-electron chi connectivity index (χ2n) is 9.79. The highest BCUT2D eigenvalue weighted by Crippen LogP contribution is 2.53. The van der Waals surface area contributed by atoms with Crippen molar-refractivity contribution in [1.29, 1.82) is 0 Å². The van der Waals surface area contributed by atoms with Gasteiger partial charge in [0.05, 0.1) is 25.9 Å². The maximum Gasteiger partial charge on any atom is 0.472 e. The van der Waals surface area contributed by atoms with Crippen LogP contribution in [-0.4, -0.2) is 109 Å². The highest BCUT2D eigenvalue weighted by Gasteiger charge is 2.54. The molecule has 4 N–H and O–H groups in total. The highest BCUT2D eigenvalue weighted by molar-refractivity contribution is 7.47. The Morgan fingerprint density at radius 3 is 1.52 bits per heavy atom. The third-order valence-corrected chi connectivity index (χ3v) is 9.10. The zero-order valence-electron chi connectivity index (χ0n) is 21.7. The first-order valence-corrected chi connectivity index (χ1v) is 15.6. The number of aliphatic hydroxyl groups is 2. The SMILES string of the molecule is O=P1(O)OC[C@H]2O[C@@H](n3cnc4c([O-])ncnc43)[C@H](O)[C@@H]2OP(=O)(O)OC[C@H]2O[C@@H](n3cnc4c([O-])ncnc43)[C@H](O)[C@@H]2O1. The third-order valence-electron chi connectivity index (χ3n) is 7.13. The fourth-order valence-corrected chi connectivity index (χ4v) is 7.09. The summed E-state index contributed by atoms with van der Waals surface area (Å²) in [6, 6.07) is 0. The molecule has 4 aromatic heterocycles. The molecule has 22 nitrogen and oxygen atoms in total. The molecule has 0 radical (unpaired) electrons. The number of phosphoric acid groups is 2. The molecular formula is C20H20N8O14P2-2. The Balaban J connectivity index is 1.17. The van der Waals surface area contributed by atoms with E-state index in [1.165, 1.54) is 0 Å². The van der Waals surface area contributed by atoms with Crippen LogP contribution in [0.4, 0.5) is 0 Å². The number of aromatic nitrogens is 8. The van der Waals surface area contributed by atoms with Gasteiger partial charge in [0, 0.05) is 11.8 Å². The molecule has 2 unspecified atom stereocenters. The van der Waals surface area contributed by atoms with Crippen LogP contribution in [0.1, 0.15) is 12.5 Å². The molecule has 0 spiro atoms. The lowest BCUT2D eigenvalue weighted by atomic mass is 10.1. The quantitative estimate of drug-likeness (QED) is 0.160. The van der Waals surface area contributed by atoms with Crippen LogP contribution in [0, 0.1) is 0 Å². The van der Waals surface area contributed by atoms with E-state index in [1.807, 2.05) is 0 Å². The van der Waals surface area contributed by atoms with E-state index >= 15 is 0 Å². The van der Waals surface area contributed by atoms with Gasteiger partial charge < -0.3 is 39.7 Å². The van der Waals surface area contributed by atoms with E-state index in [0.29, 0.717) is 0 Å². The first-order chi connectivity index (χ1) is 20.9. The summed E-state index contributed by atoms with van der Waals surface area (Å²) in [5.41, 5.74) is -0.374. The van der Waals surface area contributed by atoms with Crippen LogP contribution in [-0.2, 0) is 36.7 Å². The minimum absolute atomic E-state index is 0.0380. The van der Waals surface area contributed by atoms with Crippen LogP contribution in [0.15, 0.2) is 25.3 Å². The van der Waals surface area contributed by atoms with Crippen molar-refractivity contribution in [3.63, 3.8) is 0 Å². The summed E-state index contributed by atoms with van der Waals surface area (Å²) in [5, 5.41) is 46.1. The van der Waals surface area contributed by atoms with Gasteiger partial charge in [0.1, 0.15) is 60.3 Å². The molecule has 3 fully saturated rings. The van der Waals surface area contributed by atoms with Gasteiger partial charge in [-0.2, -0.15) is 0 Å². The number of imidazole rings is 2. The van der Waals surface area contributed by atoms with Gasteiger partial charge in [-0.3, -0.25) is 37.2 Å². The van der Waals surface area contributed by atoms with Gasteiger partial charge in [-0.25, -0.2) is 29.1 Å². The van der Waals surface area contributed by atoms with Crippen molar-refractivity contribution in [2.45, 2.75) is 49.1 Å². The van der Waals surface area contributed by atoms with Crippen LogP contribution >= 0.6 is 15.6 Å². The van der Waals surface area contributed by atoms with E-state index in [2.05, 4.69) is 29.9 Å². The van der Waals surface area contributed by atoms with Crippen molar-refractivity contribution in [3.8, 4) is 11.8 Å². The predicted molar refractivity (Wildman–Crippen MR) is 131 cm³/mol. The molecular weight excluding hydrogens is 638 g/mol. The predicted octanol–water partition coefficient (Wildman–Crippen LogP) is -2.65. The number of aliphatic hydroxyl groups excluding tert-OH is 2. The number of hydrogen-bond acceptors (Lipinski definition) is 18. The summed E-state index contributed by atoms with van der Waals surface area (Å²) in [6.45, 7) is -1.68. The number of ether oxygens (including phenoxy) is 2. The van der Waals surface area contributed by atoms with Crippen LogP contribution in [0.25, 0.3) is 22.3 Å². The topological polar surface area (TPSA) is 304 Å². The van der Waals surface area contributed by atoms with Gasteiger partial charge in [-0.05, 0) is 0 Å². The van der Waals surface area contributed by atoms with Crippen LogP contribution in [0.2, 0.25) is 0 Å². The zero-order chi connectivity index (χ0) is 31.0. The Hall–Kier alpha value is -3.24. The molecule has 3 aliphatic heterocycles. The monoisotopic (exact) mass is 658 g/mol. The molecule has 7 heterocycles. The van der Waals surface area contributed by atoms with E-state index in [9.17, 15) is 39.3 Å². The van der Waals surface area contributed by atoms with Gasteiger partial charge in [0.2, 0.25) is 0 Å². The Labute approximate surface area is 243 Å². The van der Waals surface area contributed by atoms with Gasteiger partial charge in [0.25, 0.3) is 0 Å². The molecule has 0 amide bonds. The average molecular weight is 658 g/mol. The molecule has 0 bridgehead atoms. The second-order valence-corrected chi connectivity index (χ2v) is 12.6. The zero-order valence-corrected chi connectivity index (χ0v) is 23.5. The van der Waals surface area contributed by atoms with Crippen LogP contribution in [0.3, 0.4) is 0 Å². The minimum atomic E-state index is -5.06. The minimum Gasteiger partial charge on any atom is -0.857 e. The number of rotatable bonds is 2. The van der Waals surface area contributed by atoms with Gasteiger partial charge in [0.15, 0.2) is 23.8 Å². The normalized spacial score (nSPS) is 38.3. The molecule has 3 saturated heterocycles. The lowest BCUT2D eigenvalue weighted by Gasteiger charge is -2.27. The standard InChI is InChI=1S/C20H22N8O14P2/c29-11-13-7(39-19(11)27-5-25-9-15(27)21-3-23-17(9)31)1-37-43(33,34)42-14-8(2-38-44(35,36)41-13)40-20(12(14)30)28-6-26-10-16(28)22-4-24-18(10)32/h3-8,11-14,19-20,29-30H,1-2H2,(H,33,34)(H,35,36)(H,21,23,31)(H,22,24,32)/p-2/t7-,8-,11-,12-,13-,14-,19-,20-/m1/s1. The molecule has 7 rings (SSSR count). The Morgan fingerprint density at radius 1 is 0.705 bits per heavy atom. The average Bonchev–Trinajstić information content (AvgIpc) is 3.73. The molecule has 4 aromatic rings. The van der Waals surface area contributed by atoms with E-state index < -0.39 is 89.7 Å². The Kier molecular flexibility index (Phi) is 7.16. The van der Waals surface area contributed by atoms with Gasteiger partial charge in [-0.1, -0.05) is 0 Å². The maximum atomic E-state index is 13.0. The second kappa shape index (κ2) is 10.7. The summed E-state index contributed by atoms with van der Waals surface area (Å²) < 4.78 is 60.5. The summed E-state index contributed by atoms with van der Waals surface area (Å²) in [6.07, 6.45) is -8.56. The summed E-state index contributed by atoms with van der Waals surface area (Å²) in [5.74, 6) is -1.42. The smallest absolute Gasteiger partial charge is 0.472 e. The summed E-state index contributed by atoms with van der Waals surface area (Å²) in [7, 11) is -10.1. The summed E-state index contributed by atoms with van der Waals surface area (Å²) in [4.78, 5) is 43.8. The van der Waals surface area contributed by atoms with Gasteiger partial charge >= 0.3 is 15.6 Å². The molecule has 236 valence electrons. The Bertz CT molecular complexity index is 1690. The molecule has 0 aromatic carbocycles. The lowest BCUT2D eigenvalue weighted by molar-refractivity contribution is -0.273. The molecule has 3 aliphatic rings. The maximum absolute atomic E-state index is 13.0. The number of hydrogen-bond donors (Lipinski definition) is 4. The van der Waals surface area contributed by atoms with Crippen molar-refractivity contribution < 1.29 is 66.9 Å². The van der Waals surface area contributed by atoms with Crippen LogP contribution < -0.4 is 10.2 Å². The van der Waals surface area contributed by atoms with E-state index in [1.54, 1.807) is 0 Å². The fraction of sp³-hybridized carbons (Fsp3) is 0.500. The molecule has 24 heteroatoms. The van der Waals surface area contributed by atoms with Crippen molar-refractivity contribution in [2.75, 3.05) is 13.2 Å². The van der Waals surface area contributed by atoms with Crippen molar-refractivity contribution in [1.82, 2.24) is 39.0 Å². The molecule has 0 saturated carbocycles. The van der Waals surface area contributed by atoms with E-state index in [4.69, 9.17) is 27.6 Å². The first kappa shape index (κ1) is 29.5. The molecule has 10 atom stereocenters. The largest absolute Gasteiger partial charge is 0.857 e. The number of phosphoric ester groups is 2. The lowest BCUT2D eigenvalue weighted by Crippen LogP contribution is -2.39. The molecule has 44 heavy (non-hydrogen) atoms. The number of fused-ring (bicyclic) bond motifs is 4. The van der Waals surface area contributed by atoms with E-state index in [0.717, 1.165) is 34.4 Å². The summed E-state index contributed by atoms with van der Waals surface area (Å²) >= 11 is 0. The van der Waals surface area contributed by atoms with Crippen molar-refractivity contribution >= 4 is 38.0 Å². The number of nitrogens with zero attached hydrogens (tertiary/aromatic N) is 8. The third kappa shape index (κ3) is 5.04. The highest BCUT2D eigenvalue weighted by atomic mass is 31.2. The van der Waals surface area contributed by atoms with E-state index in [-0.39, 0.29) is 22.3 Å². The van der Waals surface area contributed by atoms with Crippen molar-refractivity contribution in [2.24, 2.45) is 0 Å². The van der Waals surface area contributed by atoms with Gasteiger partial charge in [-0.15, -0.1) is 0 Å². The Morgan fingerprint density at radius 2 is 1.11 bits per heavy atom. The first-order valence-electron chi connectivity index (χ1n) is 12.6. The molecule has 0 aliphatic carbocycles.